The van der Waals surface area contributed by atoms with Gasteiger partial charge >= 0.3 is 0 Å². The van der Waals surface area contributed by atoms with Crippen molar-refractivity contribution in [1.82, 2.24) is 17.5 Å². The summed E-state index contributed by atoms with van der Waals surface area (Å²) in [5.74, 6) is 0. The van der Waals surface area contributed by atoms with Gasteiger partial charge in [0.15, 0.2) is 0 Å². The molecule has 0 spiro atoms. The van der Waals surface area contributed by atoms with Crippen LogP contribution in [0.2, 0.25) is 0 Å². The molecule has 0 aliphatic carbocycles. The molecule has 4 nitrogen and oxygen atoms in total. The van der Waals surface area contributed by atoms with Crippen molar-refractivity contribution < 1.29 is 0 Å². The summed E-state index contributed by atoms with van der Waals surface area (Å²) in [5, 5.41) is 0. The van der Waals surface area contributed by atoms with E-state index in [1.165, 1.54) is 68.0 Å². The van der Waals surface area contributed by atoms with E-state index in [1.54, 1.807) is 0 Å². The number of hydrogen-bond donors (Lipinski definition) is 0. The minimum Gasteiger partial charge on any atom is -0.173 e. The van der Waals surface area contributed by atoms with Gasteiger partial charge in [-0.1, -0.05) is 0 Å². The molecular formula is C21H24N4S2. The second-order valence-electron chi connectivity index (χ2n) is 7.48. The molecule has 27 heavy (non-hydrogen) atoms. The summed E-state index contributed by atoms with van der Waals surface area (Å²) < 4.78 is 18.3. The van der Waals surface area contributed by atoms with Crippen LogP contribution in [0.25, 0.3) is 22.1 Å². The second-order valence-corrected chi connectivity index (χ2v) is 8.54. The van der Waals surface area contributed by atoms with Crippen LogP contribution >= 0.6 is 23.5 Å². The summed E-state index contributed by atoms with van der Waals surface area (Å²) in [7, 11) is 0. The van der Waals surface area contributed by atoms with Crippen molar-refractivity contribution in [1.29, 1.82) is 0 Å². The maximum Gasteiger partial charge on any atom is 0.108 e. The maximum atomic E-state index is 4.60. The molecule has 2 aromatic carbocycles. The van der Waals surface area contributed by atoms with Crippen LogP contribution in [0.1, 0.15) is 50.9 Å². The molecule has 0 unspecified atom stereocenters. The lowest BCUT2D eigenvalue weighted by atomic mass is 9.90. The van der Waals surface area contributed by atoms with E-state index in [2.05, 4.69) is 59.0 Å². The summed E-state index contributed by atoms with van der Waals surface area (Å²) >= 11 is 2.64. The van der Waals surface area contributed by atoms with Crippen LogP contribution in [-0.2, 0) is 12.8 Å². The molecule has 0 saturated heterocycles. The molecule has 6 heteroatoms. The molecule has 2 aromatic heterocycles. The average Bonchev–Trinajstić information content (AvgIpc) is 3.33. The summed E-state index contributed by atoms with van der Waals surface area (Å²) in [4.78, 5) is 0. The van der Waals surface area contributed by atoms with Crippen LogP contribution in [0, 0.1) is 41.5 Å². The highest BCUT2D eigenvalue weighted by molar-refractivity contribution is 7.00. The van der Waals surface area contributed by atoms with Gasteiger partial charge in [0.05, 0.1) is 23.5 Å². The van der Waals surface area contributed by atoms with Crippen molar-refractivity contribution in [3.05, 3.63) is 44.5 Å². The van der Waals surface area contributed by atoms with Gasteiger partial charge < -0.3 is 0 Å². The number of rotatable bonds is 4. The standard InChI is InChI=1S/C21H24N4S2/c1-10-12(3)16(20-18(14(10)5)22-26-24-20)8-7-9-17-13(4)11(2)15(6)19-21(17)25-27-23-19/h7-9H2,1-6H3. The molecule has 0 radical (unpaired) electrons. The van der Waals surface area contributed by atoms with E-state index in [9.17, 15) is 0 Å². The third-order valence-electron chi connectivity index (χ3n) is 6.27. The number of aromatic nitrogens is 4. The molecule has 4 rings (SSSR count). The lowest BCUT2D eigenvalue weighted by Gasteiger charge is -2.14. The molecule has 0 fully saturated rings. The highest BCUT2D eigenvalue weighted by Crippen LogP contribution is 2.32. The Labute approximate surface area is 168 Å². The predicted octanol–water partition coefficient (Wildman–Crippen LogP) is 5.72. The minimum atomic E-state index is 1.01. The van der Waals surface area contributed by atoms with E-state index in [1.807, 2.05) is 0 Å². The van der Waals surface area contributed by atoms with Crippen molar-refractivity contribution in [2.24, 2.45) is 0 Å². The molecule has 0 saturated carbocycles. The number of hydrogen-bond acceptors (Lipinski definition) is 6. The van der Waals surface area contributed by atoms with Gasteiger partial charge in [-0.25, -0.2) is 0 Å². The Morgan fingerprint density at radius 1 is 0.481 bits per heavy atom. The lowest BCUT2D eigenvalue weighted by molar-refractivity contribution is 0.816. The number of aryl methyl sites for hydroxylation is 4. The molecule has 0 N–H and O–H groups in total. The smallest absolute Gasteiger partial charge is 0.108 e. The van der Waals surface area contributed by atoms with E-state index in [0.29, 0.717) is 0 Å². The van der Waals surface area contributed by atoms with Gasteiger partial charge in [-0.2, -0.15) is 17.5 Å². The first-order valence-electron chi connectivity index (χ1n) is 9.33. The molecule has 0 atom stereocenters. The van der Waals surface area contributed by atoms with Crippen molar-refractivity contribution in [3.8, 4) is 0 Å². The maximum absolute atomic E-state index is 4.60. The Bertz CT molecular complexity index is 1080. The number of fused-ring (bicyclic) bond motifs is 2. The fourth-order valence-corrected chi connectivity index (χ4v) is 5.29. The van der Waals surface area contributed by atoms with E-state index in [-0.39, 0.29) is 0 Å². The SMILES string of the molecule is Cc1c(C)c(CCCc2c(C)c(C)c(C)c3nsnc23)c2nsnc2c1C. The quantitative estimate of drug-likeness (QED) is 0.442. The topological polar surface area (TPSA) is 51.6 Å². The van der Waals surface area contributed by atoms with Gasteiger partial charge in [-0.05, 0) is 105 Å². The zero-order valence-electron chi connectivity index (χ0n) is 16.7. The highest BCUT2D eigenvalue weighted by atomic mass is 32.1. The second kappa shape index (κ2) is 6.91. The summed E-state index contributed by atoms with van der Waals surface area (Å²) in [6.45, 7) is 13.1. The number of nitrogens with zero attached hydrogens (tertiary/aromatic N) is 4. The Kier molecular flexibility index (Phi) is 4.72. The van der Waals surface area contributed by atoms with Crippen molar-refractivity contribution >= 4 is 45.5 Å². The average molecular weight is 397 g/mol. The fourth-order valence-electron chi connectivity index (χ4n) is 4.04. The van der Waals surface area contributed by atoms with Crippen molar-refractivity contribution in [2.75, 3.05) is 0 Å². The van der Waals surface area contributed by atoms with Gasteiger partial charge in [-0.3, -0.25) is 0 Å². The Balaban J connectivity index is 1.67. The zero-order valence-corrected chi connectivity index (χ0v) is 18.4. The van der Waals surface area contributed by atoms with Crippen molar-refractivity contribution in [3.63, 3.8) is 0 Å². The molecule has 0 bridgehead atoms. The first-order chi connectivity index (χ1) is 12.9. The Hall–Kier alpha value is -1.92. The highest BCUT2D eigenvalue weighted by Gasteiger charge is 2.17. The molecule has 2 heterocycles. The van der Waals surface area contributed by atoms with Gasteiger partial charge in [0.25, 0.3) is 0 Å². The van der Waals surface area contributed by atoms with E-state index >= 15 is 0 Å². The van der Waals surface area contributed by atoms with Crippen LogP contribution in [0.5, 0.6) is 0 Å². The molecular weight excluding hydrogens is 372 g/mol. The van der Waals surface area contributed by atoms with Crippen LogP contribution in [0.3, 0.4) is 0 Å². The third-order valence-corrected chi connectivity index (χ3v) is 7.32. The van der Waals surface area contributed by atoms with Crippen LogP contribution in [0.15, 0.2) is 0 Å². The monoisotopic (exact) mass is 396 g/mol. The summed E-state index contributed by atoms with van der Waals surface area (Å²) in [6, 6.07) is 0. The first kappa shape index (κ1) is 18.4. The van der Waals surface area contributed by atoms with E-state index in [4.69, 9.17) is 0 Å². The van der Waals surface area contributed by atoms with Crippen LogP contribution < -0.4 is 0 Å². The predicted molar refractivity (Wildman–Crippen MR) is 115 cm³/mol. The van der Waals surface area contributed by atoms with E-state index < -0.39 is 0 Å². The van der Waals surface area contributed by atoms with Gasteiger partial charge in [0.2, 0.25) is 0 Å². The molecule has 4 aromatic rings. The van der Waals surface area contributed by atoms with E-state index in [0.717, 1.165) is 41.3 Å². The first-order valence-corrected chi connectivity index (χ1v) is 10.8. The summed E-state index contributed by atoms with van der Waals surface area (Å²) in [6.07, 6.45) is 3.10. The zero-order chi connectivity index (χ0) is 19.3. The van der Waals surface area contributed by atoms with Gasteiger partial charge in [-0.15, -0.1) is 0 Å². The Morgan fingerprint density at radius 3 is 1.26 bits per heavy atom. The third kappa shape index (κ3) is 2.86. The van der Waals surface area contributed by atoms with Crippen LogP contribution in [-0.4, -0.2) is 17.5 Å². The lowest BCUT2D eigenvalue weighted by Crippen LogP contribution is -2.02. The molecule has 140 valence electrons. The van der Waals surface area contributed by atoms with Crippen LogP contribution in [0.4, 0.5) is 0 Å². The number of benzene rings is 2. The molecule has 0 aliphatic rings. The largest absolute Gasteiger partial charge is 0.173 e. The molecule has 0 aliphatic heterocycles. The minimum absolute atomic E-state index is 1.01. The normalized spacial score (nSPS) is 11.8. The van der Waals surface area contributed by atoms with Crippen molar-refractivity contribution in [2.45, 2.75) is 60.8 Å². The molecule has 0 amide bonds. The fraction of sp³-hybridized carbons (Fsp3) is 0.429. The Morgan fingerprint density at radius 2 is 0.852 bits per heavy atom. The van der Waals surface area contributed by atoms with Gasteiger partial charge in [0, 0.05) is 0 Å². The summed E-state index contributed by atoms with van der Waals surface area (Å²) in [5.41, 5.74) is 15.0. The van der Waals surface area contributed by atoms with Gasteiger partial charge in [0.1, 0.15) is 22.1 Å².